The number of nitrogens with one attached hydrogen (secondary N) is 2. The Morgan fingerprint density at radius 2 is 1.13 bits per heavy atom. The minimum absolute atomic E-state index is 0.785. The summed E-state index contributed by atoms with van der Waals surface area (Å²) in [6.07, 6.45) is 10.9. The first-order valence-corrected chi connectivity index (χ1v) is 12.7. The van der Waals surface area contributed by atoms with E-state index in [4.69, 9.17) is 0 Å². The van der Waals surface area contributed by atoms with E-state index in [1.807, 2.05) is 0 Å². The molecule has 2 fully saturated rings. The molecule has 0 aromatic heterocycles. The van der Waals surface area contributed by atoms with E-state index in [2.05, 4.69) is 58.5 Å². The Hall–Kier alpha value is -0.940. The molecule has 170 valence electrons. The van der Waals surface area contributed by atoms with Gasteiger partial charge in [-0.05, 0) is 103 Å². The maximum absolute atomic E-state index is 3.62. The van der Waals surface area contributed by atoms with Crippen molar-refractivity contribution in [1.82, 2.24) is 20.4 Å². The molecule has 0 saturated carbocycles. The maximum Gasteiger partial charge on any atom is 0.0205 e. The van der Waals surface area contributed by atoms with Crippen molar-refractivity contribution in [2.24, 2.45) is 0 Å². The van der Waals surface area contributed by atoms with Gasteiger partial charge in [-0.25, -0.2) is 0 Å². The molecule has 2 aliphatic heterocycles. The van der Waals surface area contributed by atoms with Crippen molar-refractivity contribution in [3.05, 3.63) is 35.4 Å². The van der Waals surface area contributed by atoms with E-state index >= 15 is 0 Å². The number of hydrogen-bond donors (Lipinski definition) is 2. The van der Waals surface area contributed by atoms with Gasteiger partial charge >= 0.3 is 0 Å². The topological polar surface area (TPSA) is 30.5 Å². The summed E-state index contributed by atoms with van der Waals surface area (Å²) < 4.78 is 0. The van der Waals surface area contributed by atoms with E-state index in [0.29, 0.717) is 0 Å². The second-order valence-corrected chi connectivity index (χ2v) is 9.64. The monoisotopic (exact) mass is 414 g/mol. The summed E-state index contributed by atoms with van der Waals surface area (Å²) in [6, 6.07) is 10.7. The van der Waals surface area contributed by atoms with Gasteiger partial charge in [-0.1, -0.05) is 37.1 Å². The van der Waals surface area contributed by atoms with Crippen LogP contribution < -0.4 is 10.6 Å². The standard InChI is InChI=1S/C26H46N4/c1-23-9-3-5-17-29(23)19-7-15-27-21-25-11-13-26(14-12-25)22-28-16-8-20-30-18-6-4-10-24(30)2/h11-14,23-24,27-28H,3-10,15-22H2,1-2H3/t23-,24-/m0/s1. The smallest absolute Gasteiger partial charge is 0.0205 e. The lowest BCUT2D eigenvalue weighted by Crippen LogP contribution is -2.38. The molecule has 2 aliphatic rings. The van der Waals surface area contributed by atoms with Crippen LogP contribution in [0.5, 0.6) is 0 Å². The van der Waals surface area contributed by atoms with Crippen LogP contribution in [-0.2, 0) is 13.1 Å². The summed E-state index contributed by atoms with van der Waals surface area (Å²) in [6.45, 7) is 14.1. The van der Waals surface area contributed by atoms with Gasteiger partial charge in [0.25, 0.3) is 0 Å². The minimum atomic E-state index is 0.785. The molecule has 2 N–H and O–H groups in total. The Morgan fingerprint density at radius 3 is 1.53 bits per heavy atom. The average Bonchev–Trinajstić information content (AvgIpc) is 2.77. The van der Waals surface area contributed by atoms with E-state index < -0.39 is 0 Å². The lowest BCUT2D eigenvalue weighted by Gasteiger charge is -2.33. The fourth-order valence-corrected chi connectivity index (χ4v) is 5.03. The van der Waals surface area contributed by atoms with Crippen molar-refractivity contribution < 1.29 is 0 Å². The van der Waals surface area contributed by atoms with Crippen molar-refractivity contribution in [3.63, 3.8) is 0 Å². The van der Waals surface area contributed by atoms with Gasteiger partial charge in [-0.15, -0.1) is 0 Å². The highest BCUT2D eigenvalue weighted by molar-refractivity contribution is 5.22. The average molecular weight is 415 g/mol. The molecule has 0 amide bonds. The molecule has 0 aliphatic carbocycles. The van der Waals surface area contributed by atoms with Crippen LogP contribution in [0.25, 0.3) is 0 Å². The van der Waals surface area contributed by atoms with Gasteiger partial charge in [0.05, 0.1) is 0 Å². The first-order valence-electron chi connectivity index (χ1n) is 12.7. The molecule has 2 atom stereocenters. The predicted octanol–water partition coefficient (Wildman–Crippen LogP) is 4.39. The van der Waals surface area contributed by atoms with Crippen LogP contribution in [0.15, 0.2) is 24.3 Å². The lowest BCUT2D eigenvalue weighted by molar-refractivity contribution is 0.159. The first kappa shape index (κ1) is 23.7. The third kappa shape index (κ3) is 8.30. The molecule has 3 rings (SSSR count). The molecule has 30 heavy (non-hydrogen) atoms. The van der Waals surface area contributed by atoms with Crippen LogP contribution in [0, 0.1) is 0 Å². The van der Waals surface area contributed by atoms with Gasteiger partial charge in [-0.2, -0.15) is 0 Å². The fraction of sp³-hybridized carbons (Fsp3) is 0.769. The van der Waals surface area contributed by atoms with Gasteiger partial charge < -0.3 is 20.4 Å². The summed E-state index contributed by atoms with van der Waals surface area (Å²) in [5, 5.41) is 7.25. The van der Waals surface area contributed by atoms with Gasteiger partial charge in [0.15, 0.2) is 0 Å². The Labute approximate surface area is 185 Å². The zero-order chi connectivity index (χ0) is 21.0. The van der Waals surface area contributed by atoms with E-state index in [1.165, 1.54) is 88.7 Å². The lowest BCUT2D eigenvalue weighted by atomic mass is 10.0. The fourth-order valence-electron chi connectivity index (χ4n) is 5.03. The molecule has 1 aromatic carbocycles. The van der Waals surface area contributed by atoms with E-state index in [0.717, 1.165) is 38.3 Å². The Bertz CT molecular complexity index is 522. The first-order chi connectivity index (χ1) is 14.7. The molecule has 0 radical (unpaired) electrons. The van der Waals surface area contributed by atoms with Crippen molar-refractivity contribution in [2.75, 3.05) is 39.3 Å². The van der Waals surface area contributed by atoms with Gasteiger partial charge in [0.2, 0.25) is 0 Å². The number of likely N-dealkylation sites (tertiary alicyclic amines) is 2. The zero-order valence-electron chi connectivity index (χ0n) is 19.7. The number of benzene rings is 1. The predicted molar refractivity (Wildman–Crippen MR) is 129 cm³/mol. The molecule has 0 unspecified atom stereocenters. The molecule has 4 nitrogen and oxygen atoms in total. The highest BCUT2D eigenvalue weighted by Gasteiger charge is 2.17. The van der Waals surface area contributed by atoms with Crippen LogP contribution in [0.3, 0.4) is 0 Å². The Kier molecular flexibility index (Phi) is 10.6. The number of piperidine rings is 2. The normalized spacial score (nSPS) is 23.7. The minimum Gasteiger partial charge on any atom is -0.313 e. The van der Waals surface area contributed by atoms with Gasteiger partial charge in [0.1, 0.15) is 0 Å². The van der Waals surface area contributed by atoms with Crippen molar-refractivity contribution in [3.8, 4) is 0 Å². The summed E-state index contributed by atoms with van der Waals surface area (Å²) in [5.74, 6) is 0. The zero-order valence-corrected chi connectivity index (χ0v) is 19.7. The molecular formula is C26H46N4. The van der Waals surface area contributed by atoms with E-state index in [9.17, 15) is 0 Å². The second-order valence-electron chi connectivity index (χ2n) is 9.64. The van der Waals surface area contributed by atoms with Gasteiger partial charge in [0, 0.05) is 25.2 Å². The molecular weight excluding hydrogens is 368 g/mol. The van der Waals surface area contributed by atoms with Crippen molar-refractivity contribution in [1.29, 1.82) is 0 Å². The number of hydrogen-bond acceptors (Lipinski definition) is 4. The summed E-state index contributed by atoms with van der Waals surface area (Å²) >= 11 is 0. The number of nitrogens with zero attached hydrogens (tertiary/aromatic N) is 2. The highest BCUT2D eigenvalue weighted by Crippen LogP contribution is 2.17. The maximum atomic E-state index is 3.62. The quantitative estimate of drug-likeness (QED) is 0.497. The molecule has 4 heteroatoms. The Morgan fingerprint density at radius 1 is 0.700 bits per heavy atom. The molecule has 2 heterocycles. The van der Waals surface area contributed by atoms with Crippen molar-refractivity contribution in [2.45, 2.75) is 90.4 Å². The van der Waals surface area contributed by atoms with Crippen molar-refractivity contribution >= 4 is 0 Å². The van der Waals surface area contributed by atoms with Crippen LogP contribution in [0.1, 0.15) is 76.3 Å². The Balaban J connectivity index is 1.21. The van der Waals surface area contributed by atoms with E-state index in [1.54, 1.807) is 0 Å². The summed E-state index contributed by atoms with van der Waals surface area (Å²) in [7, 11) is 0. The largest absolute Gasteiger partial charge is 0.313 e. The second kappa shape index (κ2) is 13.5. The third-order valence-electron chi connectivity index (χ3n) is 7.16. The number of rotatable bonds is 12. The molecule has 0 bridgehead atoms. The summed E-state index contributed by atoms with van der Waals surface area (Å²) in [5.41, 5.74) is 2.79. The highest BCUT2D eigenvalue weighted by atomic mass is 15.2. The van der Waals surface area contributed by atoms with E-state index in [-0.39, 0.29) is 0 Å². The molecule has 0 spiro atoms. The molecule has 1 aromatic rings. The van der Waals surface area contributed by atoms with Crippen LogP contribution >= 0.6 is 0 Å². The van der Waals surface area contributed by atoms with Crippen LogP contribution in [0.2, 0.25) is 0 Å². The SMILES string of the molecule is C[C@H]1CCCCN1CCCNCc1ccc(CNCCCN2CCCC[C@@H]2C)cc1. The molecule has 2 saturated heterocycles. The van der Waals surface area contributed by atoms with Gasteiger partial charge in [-0.3, -0.25) is 0 Å². The third-order valence-corrected chi connectivity index (χ3v) is 7.16. The van der Waals surface area contributed by atoms with Crippen LogP contribution in [0.4, 0.5) is 0 Å². The summed E-state index contributed by atoms with van der Waals surface area (Å²) in [4.78, 5) is 5.33. The van der Waals surface area contributed by atoms with Crippen LogP contribution in [-0.4, -0.2) is 61.2 Å².